The third-order valence-corrected chi connectivity index (χ3v) is 2.01. The van der Waals surface area contributed by atoms with Crippen molar-refractivity contribution in [1.82, 2.24) is 15.0 Å². The van der Waals surface area contributed by atoms with E-state index in [4.69, 9.17) is 11.5 Å². The molecule has 6 nitrogen and oxygen atoms in total. The van der Waals surface area contributed by atoms with E-state index in [9.17, 15) is 4.79 Å². The van der Waals surface area contributed by atoms with Gasteiger partial charge in [0.15, 0.2) is 5.82 Å². The minimum Gasteiger partial charge on any atom is -0.398 e. The topological polar surface area (TPSA) is 108 Å². The molecule has 2 aromatic heterocycles. The summed E-state index contributed by atoms with van der Waals surface area (Å²) in [4.78, 5) is 23.1. The summed E-state index contributed by atoms with van der Waals surface area (Å²) in [6.45, 7) is 0. The quantitative estimate of drug-likeness (QED) is 0.744. The normalized spacial score (nSPS) is 10.0. The molecule has 0 saturated heterocycles. The third-order valence-electron chi connectivity index (χ3n) is 2.01. The lowest BCUT2D eigenvalue weighted by Gasteiger charge is -2.06. The van der Waals surface area contributed by atoms with E-state index in [0.29, 0.717) is 17.1 Å². The monoisotopic (exact) mass is 215 g/mol. The third kappa shape index (κ3) is 1.68. The molecular formula is C10H9N5O. The van der Waals surface area contributed by atoms with Crippen molar-refractivity contribution in [1.29, 1.82) is 0 Å². The lowest BCUT2D eigenvalue weighted by atomic mass is 10.1. The van der Waals surface area contributed by atoms with Crippen LogP contribution in [-0.2, 0) is 0 Å². The van der Waals surface area contributed by atoms with Crippen LogP contribution in [-0.4, -0.2) is 20.9 Å². The van der Waals surface area contributed by atoms with Gasteiger partial charge < -0.3 is 11.5 Å². The van der Waals surface area contributed by atoms with Crippen LogP contribution in [0.2, 0.25) is 0 Å². The molecule has 2 aromatic rings. The van der Waals surface area contributed by atoms with Gasteiger partial charge in [-0.3, -0.25) is 9.78 Å². The SMILES string of the molecule is NC(=O)c1nccc(N)c1-c1ncccn1. The Labute approximate surface area is 91.4 Å². The van der Waals surface area contributed by atoms with E-state index in [-0.39, 0.29) is 5.69 Å². The molecule has 0 fully saturated rings. The highest BCUT2D eigenvalue weighted by Gasteiger charge is 2.16. The Hall–Kier alpha value is -2.50. The number of nitrogen functional groups attached to an aromatic ring is 1. The van der Waals surface area contributed by atoms with E-state index in [0.717, 1.165) is 0 Å². The number of amides is 1. The van der Waals surface area contributed by atoms with Crippen LogP contribution < -0.4 is 11.5 Å². The lowest BCUT2D eigenvalue weighted by molar-refractivity contribution is 0.0996. The van der Waals surface area contributed by atoms with Crippen LogP contribution in [0.5, 0.6) is 0 Å². The number of anilines is 1. The second-order valence-corrected chi connectivity index (χ2v) is 3.06. The molecule has 4 N–H and O–H groups in total. The van der Waals surface area contributed by atoms with Crippen LogP contribution in [0.25, 0.3) is 11.4 Å². The molecule has 1 amide bonds. The summed E-state index contributed by atoms with van der Waals surface area (Å²) in [6.07, 6.45) is 4.53. The minimum absolute atomic E-state index is 0.0752. The maximum Gasteiger partial charge on any atom is 0.268 e. The van der Waals surface area contributed by atoms with Gasteiger partial charge in [0.2, 0.25) is 0 Å². The number of nitrogens with zero attached hydrogens (tertiary/aromatic N) is 3. The predicted molar refractivity (Wildman–Crippen MR) is 58.2 cm³/mol. The number of carbonyl (C=O) groups excluding carboxylic acids is 1. The fourth-order valence-electron chi connectivity index (χ4n) is 1.33. The van der Waals surface area contributed by atoms with E-state index in [1.807, 2.05) is 0 Å². The Morgan fingerprint density at radius 3 is 2.44 bits per heavy atom. The van der Waals surface area contributed by atoms with Crippen molar-refractivity contribution in [2.75, 3.05) is 5.73 Å². The first-order valence-corrected chi connectivity index (χ1v) is 4.52. The Bertz CT molecular complexity index is 526. The highest BCUT2D eigenvalue weighted by atomic mass is 16.1. The first-order valence-electron chi connectivity index (χ1n) is 4.52. The summed E-state index contributed by atoms with van der Waals surface area (Å²) < 4.78 is 0. The van der Waals surface area contributed by atoms with E-state index in [1.165, 1.54) is 6.20 Å². The number of aromatic nitrogens is 3. The molecule has 0 spiro atoms. The molecule has 0 unspecified atom stereocenters. The molecule has 0 aliphatic carbocycles. The van der Waals surface area contributed by atoms with Gasteiger partial charge in [0.1, 0.15) is 5.69 Å². The standard InChI is InChI=1S/C10H9N5O/c11-6-2-5-13-8(9(12)16)7(6)10-14-3-1-4-15-10/h1-5H,(H2,11,13)(H2,12,16). The van der Waals surface area contributed by atoms with E-state index >= 15 is 0 Å². The Morgan fingerprint density at radius 2 is 1.81 bits per heavy atom. The Balaban J connectivity index is 2.68. The Morgan fingerprint density at radius 1 is 1.12 bits per heavy atom. The van der Waals surface area contributed by atoms with Crippen LogP contribution in [0.4, 0.5) is 5.69 Å². The average molecular weight is 215 g/mol. The van der Waals surface area contributed by atoms with Crippen molar-refractivity contribution in [3.8, 4) is 11.4 Å². The molecule has 6 heteroatoms. The minimum atomic E-state index is -0.658. The highest BCUT2D eigenvalue weighted by Crippen LogP contribution is 2.24. The summed E-state index contributed by atoms with van der Waals surface area (Å²) in [6, 6.07) is 3.23. The summed E-state index contributed by atoms with van der Waals surface area (Å²) in [7, 11) is 0. The summed E-state index contributed by atoms with van der Waals surface area (Å²) in [5.41, 5.74) is 11.8. The highest BCUT2D eigenvalue weighted by molar-refractivity contribution is 5.99. The summed E-state index contributed by atoms with van der Waals surface area (Å²) >= 11 is 0. The second-order valence-electron chi connectivity index (χ2n) is 3.06. The molecule has 80 valence electrons. The van der Waals surface area contributed by atoms with Crippen LogP contribution in [0.15, 0.2) is 30.7 Å². The van der Waals surface area contributed by atoms with Crippen LogP contribution in [0.1, 0.15) is 10.5 Å². The van der Waals surface area contributed by atoms with Gasteiger partial charge >= 0.3 is 0 Å². The van der Waals surface area contributed by atoms with E-state index < -0.39 is 5.91 Å². The van der Waals surface area contributed by atoms with Crippen LogP contribution in [0.3, 0.4) is 0 Å². The second kappa shape index (κ2) is 3.93. The average Bonchev–Trinajstić information content (AvgIpc) is 2.29. The lowest BCUT2D eigenvalue weighted by Crippen LogP contribution is -2.16. The number of carbonyl (C=O) groups is 1. The number of pyridine rings is 1. The van der Waals surface area contributed by atoms with Gasteiger partial charge in [-0.25, -0.2) is 9.97 Å². The van der Waals surface area contributed by atoms with Crippen molar-refractivity contribution < 1.29 is 4.79 Å². The molecule has 16 heavy (non-hydrogen) atoms. The zero-order valence-corrected chi connectivity index (χ0v) is 8.29. The van der Waals surface area contributed by atoms with Crippen molar-refractivity contribution >= 4 is 11.6 Å². The van der Waals surface area contributed by atoms with E-state index in [2.05, 4.69) is 15.0 Å². The van der Waals surface area contributed by atoms with Gasteiger partial charge in [-0.1, -0.05) is 0 Å². The molecule has 0 aliphatic rings. The van der Waals surface area contributed by atoms with Crippen molar-refractivity contribution in [3.05, 3.63) is 36.4 Å². The fourth-order valence-corrected chi connectivity index (χ4v) is 1.33. The zero-order valence-electron chi connectivity index (χ0n) is 8.29. The largest absolute Gasteiger partial charge is 0.398 e. The molecule has 2 heterocycles. The Kier molecular flexibility index (Phi) is 2.47. The summed E-state index contributed by atoms with van der Waals surface area (Å²) in [5.74, 6) is -0.323. The van der Waals surface area contributed by atoms with Gasteiger partial charge in [-0.05, 0) is 12.1 Å². The molecule has 0 aliphatic heterocycles. The van der Waals surface area contributed by atoms with Gasteiger partial charge in [0.05, 0.1) is 5.56 Å². The molecule has 0 atom stereocenters. The molecule has 2 rings (SSSR count). The van der Waals surface area contributed by atoms with E-state index in [1.54, 1.807) is 24.5 Å². The molecule has 0 saturated carbocycles. The van der Waals surface area contributed by atoms with Gasteiger partial charge in [0.25, 0.3) is 5.91 Å². The first kappa shape index (κ1) is 10.0. The van der Waals surface area contributed by atoms with Crippen molar-refractivity contribution in [2.24, 2.45) is 5.73 Å². The maximum atomic E-state index is 11.2. The smallest absolute Gasteiger partial charge is 0.268 e. The number of primary amides is 1. The van der Waals surface area contributed by atoms with Crippen molar-refractivity contribution in [3.63, 3.8) is 0 Å². The maximum absolute atomic E-state index is 11.2. The van der Waals surface area contributed by atoms with Gasteiger partial charge in [0, 0.05) is 24.3 Å². The van der Waals surface area contributed by atoms with Gasteiger partial charge in [-0.15, -0.1) is 0 Å². The summed E-state index contributed by atoms with van der Waals surface area (Å²) in [5, 5.41) is 0. The first-order chi connectivity index (χ1) is 7.70. The fraction of sp³-hybridized carbons (Fsp3) is 0. The number of nitrogens with two attached hydrogens (primary N) is 2. The zero-order chi connectivity index (χ0) is 11.5. The number of rotatable bonds is 2. The molecular weight excluding hydrogens is 206 g/mol. The van der Waals surface area contributed by atoms with Crippen molar-refractivity contribution in [2.45, 2.75) is 0 Å². The van der Waals surface area contributed by atoms with Crippen LogP contribution in [0, 0.1) is 0 Å². The van der Waals surface area contributed by atoms with Gasteiger partial charge in [-0.2, -0.15) is 0 Å². The number of hydrogen-bond acceptors (Lipinski definition) is 5. The molecule has 0 aromatic carbocycles. The molecule has 0 radical (unpaired) electrons. The van der Waals surface area contributed by atoms with Crippen LogP contribution >= 0.6 is 0 Å². The predicted octanol–water partition coefficient (Wildman–Crippen LogP) is 0.220. The molecule has 0 bridgehead atoms. The number of hydrogen-bond donors (Lipinski definition) is 2.